The summed E-state index contributed by atoms with van der Waals surface area (Å²) in [5.74, 6) is -0.613. The van der Waals surface area contributed by atoms with Crippen LogP contribution in [0.1, 0.15) is 206 Å². The highest BCUT2D eigenvalue weighted by Crippen LogP contribution is 2.15. The number of ether oxygens (including phenoxy) is 2. The van der Waals surface area contributed by atoms with Gasteiger partial charge in [0.15, 0.2) is 6.10 Å². The second kappa shape index (κ2) is 41.3. The quantitative estimate of drug-likeness (QED) is 0.0394. The van der Waals surface area contributed by atoms with Crippen LogP contribution in [0.3, 0.4) is 0 Å². The molecule has 0 amide bonds. The van der Waals surface area contributed by atoms with E-state index >= 15 is 0 Å². The molecule has 5 nitrogen and oxygen atoms in total. The summed E-state index contributed by atoms with van der Waals surface area (Å²) in [5.41, 5.74) is 0. The number of allylic oxidation sites excluding steroid dienone is 8. The van der Waals surface area contributed by atoms with Gasteiger partial charge in [-0.25, -0.2) is 0 Å². The van der Waals surface area contributed by atoms with Gasteiger partial charge in [0.05, 0.1) is 6.61 Å². The average molecular weight is 701 g/mol. The maximum absolute atomic E-state index is 12.2. The maximum Gasteiger partial charge on any atom is 0.306 e. The van der Waals surface area contributed by atoms with Crippen molar-refractivity contribution >= 4 is 11.9 Å². The number of hydrogen-bond acceptors (Lipinski definition) is 5. The molecule has 0 aromatic heterocycles. The lowest BCUT2D eigenvalue weighted by Crippen LogP contribution is -2.28. The van der Waals surface area contributed by atoms with Gasteiger partial charge >= 0.3 is 11.9 Å². The fraction of sp³-hybridized carbons (Fsp3) is 0.778. The van der Waals surface area contributed by atoms with Gasteiger partial charge in [-0.3, -0.25) is 9.59 Å². The summed E-state index contributed by atoms with van der Waals surface area (Å²) in [6, 6.07) is 0. The molecule has 50 heavy (non-hydrogen) atoms. The van der Waals surface area contributed by atoms with Gasteiger partial charge in [-0.15, -0.1) is 0 Å². The van der Waals surface area contributed by atoms with E-state index in [0.717, 1.165) is 77.0 Å². The van der Waals surface area contributed by atoms with E-state index in [2.05, 4.69) is 62.5 Å². The third-order valence-corrected chi connectivity index (χ3v) is 9.14. The van der Waals surface area contributed by atoms with Crippen LogP contribution in [0, 0.1) is 0 Å². The normalized spacial score (nSPS) is 12.6. The molecule has 5 heteroatoms. The molecule has 0 rings (SSSR count). The Labute approximate surface area is 309 Å². The standard InChI is InChI=1S/C45H80O5/c1-3-5-7-9-11-13-15-17-19-21-22-24-25-27-29-31-33-35-37-39-44(47)49-42-43(41-46)50-45(48)40-38-36-34-32-30-28-26-23-20-18-16-14-12-10-8-6-4-2/h6,8,12,14,18,20,26,28,43,46H,3-5,7,9-11,13,15-17,19,21-25,27,29-42H2,1-2H3. The van der Waals surface area contributed by atoms with Crippen molar-refractivity contribution < 1.29 is 24.2 Å². The van der Waals surface area contributed by atoms with Crippen LogP contribution in [0.15, 0.2) is 48.6 Å². The Kier molecular flexibility index (Phi) is 39.5. The van der Waals surface area contributed by atoms with Gasteiger partial charge in [-0.1, -0.05) is 191 Å². The van der Waals surface area contributed by atoms with E-state index < -0.39 is 6.10 Å². The van der Waals surface area contributed by atoms with Crippen LogP contribution >= 0.6 is 0 Å². The van der Waals surface area contributed by atoms with Crippen molar-refractivity contribution in [1.29, 1.82) is 0 Å². The molecule has 1 atom stereocenters. The van der Waals surface area contributed by atoms with Gasteiger partial charge in [-0.05, 0) is 51.4 Å². The molecule has 0 saturated carbocycles. The Morgan fingerprint density at radius 1 is 0.480 bits per heavy atom. The van der Waals surface area contributed by atoms with E-state index in [1.54, 1.807) is 0 Å². The zero-order valence-corrected chi connectivity index (χ0v) is 32.9. The van der Waals surface area contributed by atoms with Crippen LogP contribution < -0.4 is 0 Å². The highest BCUT2D eigenvalue weighted by atomic mass is 16.6. The molecular weight excluding hydrogens is 620 g/mol. The van der Waals surface area contributed by atoms with Gasteiger partial charge < -0.3 is 14.6 Å². The lowest BCUT2D eigenvalue weighted by molar-refractivity contribution is -0.161. The molecular formula is C45H80O5. The lowest BCUT2D eigenvalue weighted by atomic mass is 10.0. The molecule has 0 spiro atoms. The number of esters is 2. The summed E-state index contributed by atoms with van der Waals surface area (Å²) in [7, 11) is 0. The first-order chi connectivity index (χ1) is 24.6. The average Bonchev–Trinajstić information content (AvgIpc) is 3.12. The van der Waals surface area contributed by atoms with Gasteiger partial charge in [0.2, 0.25) is 0 Å². The third-order valence-electron chi connectivity index (χ3n) is 9.14. The van der Waals surface area contributed by atoms with Crippen molar-refractivity contribution in [2.24, 2.45) is 0 Å². The Morgan fingerprint density at radius 3 is 1.30 bits per heavy atom. The second-order valence-electron chi connectivity index (χ2n) is 14.0. The zero-order chi connectivity index (χ0) is 36.4. The molecule has 0 fully saturated rings. The van der Waals surface area contributed by atoms with Crippen LogP contribution in [0.4, 0.5) is 0 Å². The number of carbonyl (C=O) groups is 2. The van der Waals surface area contributed by atoms with Gasteiger partial charge in [0, 0.05) is 12.8 Å². The summed E-state index contributed by atoms with van der Waals surface area (Å²) >= 11 is 0. The van der Waals surface area contributed by atoms with Crippen LogP contribution in [0.2, 0.25) is 0 Å². The Hall–Kier alpha value is -2.14. The molecule has 0 aliphatic carbocycles. The molecule has 0 bridgehead atoms. The van der Waals surface area contributed by atoms with Crippen molar-refractivity contribution in [3.05, 3.63) is 48.6 Å². The summed E-state index contributed by atoms with van der Waals surface area (Å²) in [5, 5.41) is 9.57. The van der Waals surface area contributed by atoms with Crippen molar-refractivity contribution in [3.63, 3.8) is 0 Å². The molecule has 0 heterocycles. The molecule has 0 radical (unpaired) electrons. The Balaban J connectivity index is 3.56. The molecule has 0 aromatic rings. The number of rotatable bonds is 38. The van der Waals surface area contributed by atoms with E-state index in [0.29, 0.717) is 12.8 Å². The maximum atomic E-state index is 12.2. The van der Waals surface area contributed by atoms with Gasteiger partial charge in [-0.2, -0.15) is 0 Å². The summed E-state index contributed by atoms with van der Waals surface area (Å²) < 4.78 is 10.6. The number of hydrogen-bond donors (Lipinski definition) is 1. The minimum atomic E-state index is -0.783. The Bertz CT molecular complexity index is 842. The first kappa shape index (κ1) is 47.9. The number of aliphatic hydroxyl groups excluding tert-OH is 1. The fourth-order valence-electron chi connectivity index (χ4n) is 5.96. The predicted octanol–water partition coefficient (Wildman–Crippen LogP) is 13.4. The second-order valence-corrected chi connectivity index (χ2v) is 14.0. The lowest BCUT2D eigenvalue weighted by Gasteiger charge is -2.15. The zero-order valence-electron chi connectivity index (χ0n) is 32.9. The van der Waals surface area contributed by atoms with Crippen molar-refractivity contribution in [2.75, 3.05) is 13.2 Å². The molecule has 0 saturated heterocycles. The molecule has 0 aliphatic rings. The molecule has 1 N–H and O–H groups in total. The molecule has 290 valence electrons. The minimum Gasteiger partial charge on any atom is -0.462 e. The Morgan fingerprint density at radius 2 is 0.860 bits per heavy atom. The first-order valence-corrected chi connectivity index (χ1v) is 21.2. The highest BCUT2D eigenvalue weighted by Gasteiger charge is 2.16. The summed E-state index contributed by atoms with van der Waals surface area (Å²) in [6.07, 6.45) is 51.8. The van der Waals surface area contributed by atoms with Crippen LogP contribution in [-0.2, 0) is 19.1 Å². The van der Waals surface area contributed by atoms with Crippen molar-refractivity contribution in [2.45, 2.75) is 213 Å². The number of carbonyl (C=O) groups excluding carboxylic acids is 2. The van der Waals surface area contributed by atoms with E-state index in [4.69, 9.17) is 9.47 Å². The van der Waals surface area contributed by atoms with Gasteiger partial charge in [0.25, 0.3) is 0 Å². The largest absolute Gasteiger partial charge is 0.462 e. The van der Waals surface area contributed by atoms with E-state index in [1.807, 2.05) is 0 Å². The van der Waals surface area contributed by atoms with E-state index in [9.17, 15) is 14.7 Å². The third kappa shape index (κ3) is 38.7. The van der Waals surface area contributed by atoms with Crippen LogP contribution in [0.25, 0.3) is 0 Å². The molecule has 1 unspecified atom stereocenters. The summed E-state index contributed by atoms with van der Waals surface area (Å²) in [6.45, 7) is 4.02. The first-order valence-electron chi connectivity index (χ1n) is 21.2. The topological polar surface area (TPSA) is 72.8 Å². The fourth-order valence-corrected chi connectivity index (χ4v) is 5.96. The molecule has 0 aromatic carbocycles. The van der Waals surface area contributed by atoms with Crippen molar-refractivity contribution in [1.82, 2.24) is 0 Å². The van der Waals surface area contributed by atoms with Crippen molar-refractivity contribution in [3.8, 4) is 0 Å². The number of unbranched alkanes of at least 4 members (excludes halogenated alkanes) is 22. The molecule has 0 aliphatic heterocycles. The SMILES string of the molecule is CCC=CCC=CCC=CCC=CCCCCCCC(=O)OC(CO)COC(=O)CCCCCCCCCCCCCCCCCCCCC. The monoisotopic (exact) mass is 701 g/mol. The van der Waals surface area contributed by atoms with Gasteiger partial charge in [0.1, 0.15) is 6.61 Å². The van der Waals surface area contributed by atoms with E-state index in [1.165, 1.54) is 103 Å². The smallest absolute Gasteiger partial charge is 0.306 e. The van der Waals surface area contributed by atoms with Crippen LogP contribution in [-0.4, -0.2) is 36.4 Å². The minimum absolute atomic E-state index is 0.0743. The van der Waals surface area contributed by atoms with Crippen LogP contribution in [0.5, 0.6) is 0 Å². The predicted molar refractivity (Wildman–Crippen MR) is 214 cm³/mol. The number of aliphatic hydroxyl groups is 1. The summed E-state index contributed by atoms with van der Waals surface area (Å²) in [4.78, 5) is 24.3. The highest BCUT2D eigenvalue weighted by molar-refractivity contribution is 5.70. The van der Waals surface area contributed by atoms with E-state index in [-0.39, 0.29) is 25.2 Å².